The highest BCUT2D eigenvalue weighted by Crippen LogP contribution is 2.21. The normalized spacial score (nSPS) is 11.0. The number of hydrogen-bond acceptors (Lipinski definition) is 3. The van der Waals surface area contributed by atoms with Crippen molar-refractivity contribution in [2.24, 2.45) is 0 Å². The number of benzene rings is 1. The summed E-state index contributed by atoms with van der Waals surface area (Å²) >= 11 is 6.20. The molecule has 0 unspecified atom stereocenters. The average molecular weight is 281 g/mol. The van der Waals surface area contributed by atoms with Crippen LogP contribution in [0.5, 0.6) is 0 Å². The quantitative estimate of drug-likeness (QED) is 0.834. The lowest BCUT2D eigenvalue weighted by Crippen LogP contribution is -2.36. The van der Waals surface area contributed by atoms with E-state index in [4.69, 9.17) is 16.9 Å². The Balaban J connectivity index is 2.87. The maximum atomic E-state index is 9.19. The summed E-state index contributed by atoms with van der Waals surface area (Å²) in [4.78, 5) is 2.24. The van der Waals surface area contributed by atoms with E-state index < -0.39 is 0 Å². The zero-order valence-corrected chi connectivity index (χ0v) is 12.3. The van der Waals surface area contributed by atoms with E-state index in [1.165, 1.54) is 0 Å². The van der Waals surface area contributed by atoms with Crippen LogP contribution < -0.4 is 0 Å². The van der Waals surface area contributed by atoms with Gasteiger partial charge < -0.3 is 5.11 Å². The summed E-state index contributed by atoms with van der Waals surface area (Å²) in [6, 6.07) is 7.90. The molecule has 1 N–H and O–H groups in total. The first-order valence-electron chi connectivity index (χ1n) is 6.69. The molecule has 0 aliphatic rings. The van der Waals surface area contributed by atoms with Gasteiger partial charge in [0.1, 0.15) is 0 Å². The Morgan fingerprint density at radius 3 is 2.53 bits per heavy atom. The van der Waals surface area contributed by atoms with Gasteiger partial charge in [-0.1, -0.05) is 31.5 Å². The van der Waals surface area contributed by atoms with Gasteiger partial charge in [0.2, 0.25) is 0 Å². The highest BCUT2D eigenvalue weighted by atomic mass is 35.5. The van der Waals surface area contributed by atoms with Crippen molar-refractivity contribution in [2.45, 2.75) is 39.3 Å². The van der Waals surface area contributed by atoms with Gasteiger partial charge in [-0.15, -0.1) is 0 Å². The molecule has 104 valence electrons. The molecule has 0 saturated carbocycles. The van der Waals surface area contributed by atoms with Crippen molar-refractivity contribution in [3.05, 3.63) is 34.3 Å². The number of aliphatic hydroxyl groups is 1. The number of nitriles is 1. The molecule has 3 nitrogen and oxygen atoms in total. The highest BCUT2D eigenvalue weighted by Gasteiger charge is 2.16. The van der Waals surface area contributed by atoms with Gasteiger partial charge in [-0.2, -0.15) is 5.26 Å². The van der Waals surface area contributed by atoms with Crippen LogP contribution in [0.2, 0.25) is 5.02 Å². The predicted molar refractivity (Wildman–Crippen MR) is 78.0 cm³/mol. The van der Waals surface area contributed by atoms with Crippen LogP contribution >= 0.6 is 11.6 Å². The topological polar surface area (TPSA) is 47.3 Å². The first-order chi connectivity index (χ1) is 9.15. The molecule has 0 radical (unpaired) electrons. The molecule has 0 amide bonds. The number of halogens is 1. The third-order valence-electron chi connectivity index (χ3n) is 3.40. The Labute approximate surface area is 120 Å². The van der Waals surface area contributed by atoms with Crippen molar-refractivity contribution in [3.8, 4) is 6.07 Å². The van der Waals surface area contributed by atoms with Gasteiger partial charge in [0, 0.05) is 24.2 Å². The lowest BCUT2D eigenvalue weighted by atomic mass is 10.1. The molecule has 0 spiro atoms. The lowest BCUT2D eigenvalue weighted by Gasteiger charge is -2.30. The van der Waals surface area contributed by atoms with Gasteiger partial charge in [-0.25, -0.2) is 0 Å². The zero-order valence-electron chi connectivity index (χ0n) is 11.6. The third kappa shape index (κ3) is 4.50. The minimum absolute atomic E-state index is 0.143. The van der Waals surface area contributed by atoms with E-state index in [1.54, 1.807) is 12.1 Å². The minimum atomic E-state index is 0.143. The van der Waals surface area contributed by atoms with E-state index >= 15 is 0 Å². The van der Waals surface area contributed by atoms with Crippen LogP contribution in [0.3, 0.4) is 0 Å². The fraction of sp³-hybridized carbons (Fsp3) is 0.533. The minimum Gasteiger partial charge on any atom is -0.395 e. The molecular formula is C15H21ClN2O. The van der Waals surface area contributed by atoms with Crippen LogP contribution in [0.25, 0.3) is 0 Å². The summed E-state index contributed by atoms with van der Waals surface area (Å²) in [6.45, 7) is 5.79. The van der Waals surface area contributed by atoms with Gasteiger partial charge in [0.15, 0.2) is 0 Å². The Hall–Kier alpha value is -1.08. The fourth-order valence-electron chi connectivity index (χ4n) is 2.29. The van der Waals surface area contributed by atoms with E-state index in [-0.39, 0.29) is 6.61 Å². The number of hydrogen-bond donors (Lipinski definition) is 1. The zero-order chi connectivity index (χ0) is 14.3. The summed E-state index contributed by atoms with van der Waals surface area (Å²) < 4.78 is 0. The van der Waals surface area contributed by atoms with Crippen molar-refractivity contribution in [3.63, 3.8) is 0 Å². The molecule has 0 aliphatic carbocycles. The van der Waals surface area contributed by atoms with E-state index in [9.17, 15) is 5.11 Å². The molecule has 0 bridgehead atoms. The Bertz CT molecular complexity index is 438. The summed E-state index contributed by atoms with van der Waals surface area (Å²) in [6.07, 6.45) is 2.09. The molecule has 19 heavy (non-hydrogen) atoms. The van der Waals surface area contributed by atoms with Crippen LogP contribution in [0.15, 0.2) is 18.2 Å². The molecule has 0 saturated heterocycles. The van der Waals surface area contributed by atoms with Crippen molar-refractivity contribution in [2.75, 3.05) is 13.2 Å². The Kier molecular flexibility index (Phi) is 6.86. The van der Waals surface area contributed by atoms with Gasteiger partial charge in [-0.3, -0.25) is 4.90 Å². The molecule has 0 aromatic heterocycles. The average Bonchev–Trinajstić information content (AvgIpc) is 2.42. The van der Waals surface area contributed by atoms with Gasteiger partial charge >= 0.3 is 0 Å². The largest absolute Gasteiger partial charge is 0.395 e. The van der Waals surface area contributed by atoms with Crippen molar-refractivity contribution in [1.82, 2.24) is 4.90 Å². The molecule has 1 aromatic rings. The van der Waals surface area contributed by atoms with Gasteiger partial charge in [-0.05, 0) is 30.5 Å². The molecule has 0 fully saturated rings. The van der Waals surface area contributed by atoms with Crippen LogP contribution in [-0.2, 0) is 6.54 Å². The summed E-state index contributed by atoms with van der Waals surface area (Å²) in [7, 11) is 0. The van der Waals surface area contributed by atoms with E-state index in [0.717, 1.165) is 18.4 Å². The van der Waals surface area contributed by atoms with E-state index in [1.807, 2.05) is 6.07 Å². The van der Waals surface area contributed by atoms with Crippen molar-refractivity contribution < 1.29 is 5.11 Å². The number of aliphatic hydroxyl groups excluding tert-OH is 1. The predicted octanol–water partition coefficient (Wildman–Crippen LogP) is 3.19. The second kappa shape index (κ2) is 8.16. The first-order valence-corrected chi connectivity index (χ1v) is 7.07. The SMILES string of the molecule is CCC(CC)N(CCO)Cc1ccc(C#N)cc1Cl. The smallest absolute Gasteiger partial charge is 0.0992 e. The highest BCUT2D eigenvalue weighted by molar-refractivity contribution is 6.31. The third-order valence-corrected chi connectivity index (χ3v) is 3.75. The molecular weight excluding hydrogens is 260 g/mol. The van der Waals surface area contributed by atoms with E-state index in [0.29, 0.717) is 29.7 Å². The van der Waals surface area contributed by atoms with Crippen molar-refractivity contribution in [1.29, 1.82) is 5.26 Å². The molecule has 1 aromatic carbocycles. The fourth-order valence-corrected chi connectivity index (χ4v) is 2.53. The monoisotopic (exact) mass is 280 g/mol. The first kappa shape index (κ1) is 16.0. The maximum Gasteiger partial charge on any atom is 0.0992 e. The van der Waals surface area contributed by atoms with Crippen LogP contribution in [0.4, 0.5) is 0 Å². The van der Waals surface area contributed by atoms with Crippen molar-refractivity contribution >= 4 is 11.6 Å². The summed E-state index contributed by atoms with van der Waals surface area (Å²) in [5.74, 6) is 0. The van der Waals surface area contributed by atoms with Crippen LogP contribution in [0, 0.1) is 11.3 Å². The maximum absolute atomic E-state index is 9.19. The Morgan fingerprint density at radius 1 is 1.37 bits per heavy atom. The number of rotatable bonds is 7. The van der Waals surface area contributed by atoms with Crippen LogP contribution in [-0.4, -0.2) is 29.2 Å². The second-order valence-corrected chi connectivity index (χ2v) is 4.99. The van der Waals surface area contributed by atoms with E-state index in [2.05, 4.69) is 24.8 Å². The Morgan fingerprint density at radius 2 is 2.05 bits per heavy atom. The molecule has 0 atom stereocenters. The molecule has 1 rings (SSSR count). The molecule has 4 heteroatoms. The number of nitrogens with zero attached hydrogens (tertiary/aromatic N) is 2. The molecule has 0 heterocycles. The van der Waals surface area contributed by atoms with Gasteiger partial charge in [0.05, 0.1) is 18.2 Å². The van der Waals surface area contributed by atoms with Crippen LogP contribution in [0.1, 0.15) is 37.8 Å². The van der Waals surface area contributed by atoms with Gasteiger partial charge in [0.25, 0.3) is 0 Å². The summed E-state index contributed by atoms with van der Waals surface area (Å²) in [5, 5.41) is 18.6. The second-order valence-electron chi connectivity index (χ2n) is 4.58. The lowest BCUT2D eigenvalue weighted by molar-refractivity contribution is 0.136. The standard InChI is InChI=1S/C15H21ClN2O/c1-3-14(4-2)18(7-8-19)11-13-6-5-12(10-17)9-15(13)16/h5-6,9,14,19H,3-4,7-8,11H2,1-2H3. The summed E-state index contributed by atoms with van der Waals surface area (Å²) in [5.41, 5.74) is 1.58. The molecule has 0 aliphatic heterocycles.